The molecule has 0 amide bonds. The molecule has 0 radical (unpaired) electrons. The van der Waals surface area contributed by atoms with Crippen LogP contribution in [0.1, 0.15) is 42.5 Å². The normalized spacial score (nSPS) is 14.4. The van der Waals surface area contributed by atoms with Gasteiger partial charge in [-0.05, 0) is 71.0 Å². The third kappa shape index (κ3) is 5.13. The number of hydrogen-bond acceptors (Lipinski definition) is 5. The van der Waals surface area contributed by atoms with Crippen molar-refractivity contribution < 1.29 is 24.1 Å². The van der Waals surface area contributed by atoms with Crippen molar-refractivity contribution in [3.8, 4) is 22.6 Å². The molecule has 0 fully saturated rings. The number of phenols is 1. The first-order chi connectivity index (χ1) is 19.5. The van der Waals surface area contributed by atoms with Gasteiger partial charge in [-0.2, -0.15) is 0 Å². The first kappa shape index (κ1) is 27.2. The minimum absolute atomic E-state index is 0.00563. The van der Waals surface area contributed by atoms with Gasteiger partial charge in [0.2, 0.25) is 0 Å². The number of carbonyl (C=O) groups excluding carboxylic acids is 1. The Kier molecular flexibility index (Phi) is 8.04. The van der Waals surface area contributed by atoms with E-state index in [0.717, 1.165) is 23.6 Å². The first-order valence-electron chi connectivity index (χ1n) is 13.6. The summed E-state index contributed by atoms with van der Waals surface area (Å²) in [4.78, 5) is 11.6. The van der Waals surface area contributed by atoms with Gasteiger partial charge in [-0.15, -0.1) is 0 Å². The van der Waals surface area contributed by atoms with E-state index in [9.17, 15) is 9.90 Å². The molecule has 1 aliphatic carbocycles. The SMILES string of the molecule is C=CC(=O)OCC(COc1ccc(C2(c3ccc(O)cc3)c3ccccc3-c3ccccc32)cc1)OC(C)CC. The van der Waals surface area contributed by atoms with E-state index in [0.29, 0.717) is 5.75 Å². The van der Waals surface area contributed by atoms with Crippen LogP contribution in [0.5, 0.6) is 11.5 Å². The molecular formula is C35H34O5. The van der Waals surface area contributed by atoms with Gasteiger partial charge in [-0.25, -0.2) is 4.79 Å². The number of rotatable bonds is 11. The molecule has 2 unspecified atom stereocenters. The van der Waals surface area contributed by atoms with E-state index in [1.807, 2.05) is 38.1 Å². The molecule has 1 aliphatic rings. The molecule has 5 heteroatoms. The monoisotopic (exact) mass is 534 g/mol. The Morgan fingerprint density at radius 1 is 0.850 bits per heavy atom. The highest BCUT2D eigenvalue weighted by molar-refractivity contribution is 5.86. The van der Waals surface area contributed by atoms with Gasteiger partial charge >= 0.3 is 5.97 Å². The smallest absolute Gasteiger partial charge is 0.330 e. The Morgan fingerprint density at radius 2 is 1.40 bits per heavy atom. The second-order valence-electron chi connectivity index (χ2n) is 10.0. The molecule has 5 nitrogen and oxygen atoms in total. The first-order valence-corrected chi connectivity index (χ1v) is 13.6. The predicted octanol–water partition coefficient (Wildman–Crippen LogP) is 7.05. The highest BCUT2D eigenvalue weighted by atomic mass is 16.6. The van der Waals surface area contributed by atoms with Crippen molar-refractivity contribution in [2.24, 2.45) is 0 Å². The molecule has 204 valence electrons. The fourth-order valence-electron chi connectivity index (χ4n) is 5.51. The van der Waals surface area contributed by atoms with Crippen molar-refractivity contribution in [3.05, 3.63) is 132 Å². The van der Waals surface area contributed by atoms with E-state index in [1.54, 1.807) is 12.1 Å². The maximum Gasteiger partial charge on any atom is 0.330 e. The Balaban J connectivity index is 1.49. The average molecular weight is 535 g/mol. The molecule has 2 atom stereocenters. The summed E-state index contributed by atoms with van der Waals surface area (Å²) >= 11 is 0. The fraction of sp³-hybridized carbons (Fsp3) is 0.229. The van der Waals surface area contributed by atoms with E-state index in [2.05, 4.69) is 67.2 Å². The zero-order valence-corrected chi connectivity index (χ0v) is 22.9. The zero-order valence-electron chi connectivity index (χ0n) is 22.9. The molecule has 4 aromatic rings. The molecule has 4 aromatic carbocycles. The van der Waals surface area contributed by atoms with Crippen molar-refractivity contribution in [2.45, 2.75) is 37.9 Å². The largest absolute Gasteiger partial charge is 0.508 e. The summed E-state index contributed by atoms with van der Waals surface area (Å²) in [5.41, 5.74) is 6.40. The summed E-state index contributed by atoms with van der Waals surface area (Å²) in [6, 6.07) is 32.6. The third-order valence-electron chi connectivity index (χ3n) is 7.55. The van der Waals surface area contributed by atoms with Crippen molar-refractivity contribution in [2.75, 3.05) is 13.2 Å². The number of hydrogen-bond donors (Lipinski definition) is 1. The van der Waals surface area contributed by atoms with Gasteiger partial charge in [-0.3, -0.25) is 0 Å². The lowest BCUT2D eigenvalue weighted by atomic mass is 9.68. The van der Waals surface area contributed by atoms with E-state index in [1.165, 1.54) is 22.3 Å². The Morgan fingerprint density at radius 3 is 1.95 bits per heavy atom. The molecule has 0 aromatic heterocycles. The van der Waals surface area contributed by atoms with Crippen LogP contribution in [0.2, 0.25) is 0 Å². The number of benzene rings is 4. The van der Waals surface area contributed by atoms with Crippen LogP contribution in [0.3, 0.4) is 0 Å². The molecule has 0 spiro atoms. The van der Waals surface area contributed by atoms with E-state index < -0.39 is 17.5 Å². The average Bonchev–Trinajstić information content (AvgIpc) is 3.30. The number of esters is 1. The summed E-state index contributed by atoms with van der Waals surface area (Å²) in [7, 11) is 0. The quantitative estimate of drug-likeness (QED) is 0.145. The van der Waals surface area contributed by atoms with Crippen LogP contribution < -0.4 is 4.74 Å². The van der Waals surface area contributed by atoms with Crippen LogP contribution in [-0.2, 0) is 19.7 Å². The number of carbonyl (C=O) groups is 1. The molecule has 0 saturated heterocycles. The van der Waals surface area contributed by atoms with Crippen molar-refractivity contribution in [1.29, 1.82) is 0 Å². The Labute approximate surface area is 235 Å². The van der Waals surface area contributed by atoms with Gasteiger partial charge in [0, 0.05) is 6.08 Å². The third-order valence-corrected chi connectivity index (χ3v) is 7.55. The lowest BCUT2D eigenvalue weighted by Crippen LogP contribution is -2.31. The van der Waals surface area contributed by atoms with E-state index in [4.69, 9.17) is 14.2 Å². The second kappa shape index (κ2) is 11.8. The fourth-order valence-corrected chi connectivity index (χ4v) is 5.51. The lowest BCUT2D eigenvalue weighted by molar-refractivity contribution is -0.144. The van der Waals surface area contributed by atoms with Gasteiger partial charge in [-0.1, -0.05) is 86.3 Å². The van der Waals surface area contributed by atoms with E-state index >= 15 is 0 Å². The van der Waals surface area contributed by atoms with Gasteiger partial charge in [0.25, 0.3) is 0 Å². The Bertz CT molecular complexity index is 1430. The topological polar surface area (TPSA) is 65.0 Å². The Hall–Kier alpha value is -4.35. The predicted molar refractivity (Wildman–Crippen MR) is 157 cm³/mol. The number of fused-ring (bicyclic) bond motifs is 3. The van der Waals surface area contributed by atoms with Gasteiger partial charge < -0.3 is 19.3 Å². The lowest BCUT2D eigenvalue weighted by Gasteiger charge is -2.34. The molecule has 5 rings (SSSR count). The summed E-state index contributed by atoms with van der Waals surface area (Å²) in [5, 5.41) is 10.1. The molecule has 1 N–H and O–H groups in total. The summed E-state index contributed by atoms with van der Waals surface area (Å²) in [5.74, 6) is 0.436. The second-order valence-corrected chi connectivity index (χ2v) is 10.0. The van der Waals surface area contributed by atoms with Crippen LogP contribution in [0.15, 0.2) is 110 Å². The summed E-state index contributed by atoms with van der Waals surface area (Å²) in [6.45, 7) is 7.80. The highest BCUT2D eigenvalue weighted by Gasteiger charge is 2.45. The molecule has 0 aliphatic heterocycles. The molecule has 0 saturated carbocycles. The van der Waals surface area contributed by atoms with Crippen molar-refractivity contribution in [3.63, 3.8) is 0 Å². The molecule has 0 bridgehead atoms. The van der Waals surface area contributed by atoms with Gasteiger partial charge in [0.1, 0.15) is 30.8 Å². The van der Waals surface area contributed by atoms with Gasteiger partial charge in [0.15, 0.2) is 0 Å². The molecular weight excluding hydrogens is 500 g/mol. The van der Waals surface area contributed by atoms with Crippen LogP contribution >= 0.6 is 0 Å². The maximum absolute atomic E-state index is 11.6. The van der Waals surface area contributed by atoms with Crippen LogP contribution in [0.4, 0.5) is 0 Å². The van der Waals surface area contributed by atoms with Crippen molar-refractivity contribution >= 4 is 5.97 Å². The van der Waals surface area contributed by atoms with Crippen LogP contribution in [0.25, 0.3) is 11.1 Å². The summed E-state index contributed by atoms with van der Waals surface area (Å²) in [6.07, 6.45) is 1.58. The number of ether oxygens (including phenoxy) is 3. The van der Waals surface area contributed by atoms with Crippen LogP contribution in [-0.4, -0.2) is 36.5 Å². The minimum atomic E-state index is -0.555. The molecule has 40 heavy (non-hydrogen) atoms. The number of aromatic hydroxyl groups is 1. The highest BCUT2D eigenvalue weighted by Crippen LogP contribution is 2.56. The minimum Gasteiger partial charge on any atom is -0.508 e. The standard InChI is InChI=1S/C35H34O5/c1-4-24(3)40-29(23-39-34(37)5-2)22-38-28-20-16-26(17-21-28)35(25-14-18-27(36)19-15-25)32-12-8-6-10-30(32)31-11-7-9-13-33(31)35/h5-21,24,29,36H,2,4,22-23H2,1,3H3. The summed E-state index contributed by atoms with van der Waals surface area (Å²) < 4.78 is 17.4. The molecule has 0 heterocycles. The number of phenolic OH excluding ortho intramolecular Hbond substituents is 1. The van der Waals surface area contributed by atoms with Crippen molar-refractivity contribution in [1.82, 2.24) is 0 Å². The van der Waals surface area contributed by atoms with Gasteiger partial charge in [0.05, 0.1) is 11.5 Å². The van der Waals surface area contributed by atoms with Crippen LogP contribution in [0, 0.1) is 0 Å². The maximum atomic E-state index is 11.6. The zero-order chi connectivity index (χ0) is 28.1. The van der Waals surface area contributed by atoms with E-state index in [-0.39, 0.29) is 25.1 Å².